The maximum atomic E-state index is 11.6. The van der Waals surface area contributed by atoms with Gasteiger partial charge in [0.15, 0.2) is 5.78 Å². The molecule has 0 saturated heterocycles. The Morgan fingerprint density at radius 3 is 2.42 bits per heavy atom. The minimum Gasteiger partial charge on any atom is -0.294 e. The van der Waals surface area contributed by atoms with E-state index in [-0.39, 0.29) is 11.5 Å². The van der Waals surface area contributed by atoms with E-state index in [0.29, 0.717) is 17.5 Å². The molecule has 0 amide bonds. The molecule has 2 aromatic carbocycles. The Labute approximate surface area is 110 Å². The number of Topliss-reactive ketones (excluding diaryl/α,β-unsaturated/α-hetero) is 1. The first-order valence-corrected chi connectivity index (χ1v) is 6.00. The second-order valence-electron chi connectivity index (χ2n) is 4.13. The molecule has 2 aromatic rings. The molecule has 0 aliphatic heterocycles. The standard InChI is InChI=1S/C15H13NO3/c1-2-15(17)12-8-9-13(14(10-12)16(18)19)11-6-4-3-5-7-11/h3-10H,2H2,1H3. The summed E-state index contributed by atoms with van der Waals surface area (Å²) in [6.07, 6.45) is 0.335. The number of ketones is 1. The zero-order valence-corrected chi connectivity index (χ0v) is 10.5. The molecule has 2 rings (SSSR count). The first kappa shape index (κ1) is 13.0. The summed E-state index contributed by atoms with van der Waals surface area (Å²) in [6, 6.07) is 13.7. The molecular weight excluding hydrogens is 242 g/mol. The van der Waals surface area contributed by atoms with E-state index in [0.717, 1.165) is 5.56 Å². The van der Waals surface area contributed by atoms with Crippen LogP contribution in [-0.4, -0.2) is 10.7 Å². The zero-order valence-electron chi connectivity index (χ0n) is 10.5. The molecule has 0 saturated carbocycles. The van der Waals surface area contributed by atoms with Gasteiger partial charge >= 0.3 is 0 Å². The first-order chi connectivity index (χ1) is 9.13. The molecule has 0 N–H and O–H groups in total. The molecule has 0 aromatic heterocycles. The molecular formula is C15H13NO3. The number of carbonyl (C=O) groups excluding carboxylic acids is 1. The van der Waals surface area contributed by atoms with Crippen molar-refractivity contribution < 1.29 is 9.72 Å². The summed E-state index contributed by atoms with van der Waals surface area (Å²) in [7, 11) is 0. The zero-order chi connectivity index (χ0) is 13.8. The molecule has 96 valence electrons. The lowest BCUT2D eigenvalue weighted by molar-refractivity contribution is -0.384. The number of rotatable bonds is 4. The van der Waals surface area contributed by atoms with E-state index in [4.69, 9.17) is 0 Å². The quantitative estimate of drug-likeness (QED) is 0.473. The van der Waals surface area contributed by atoms with E-state index < -0.39 is 4.92 Å². The maximum absolute atomic E-state index is 11.6. The average molecular weight is 255 g/mol. The van der Waals surface area contributed by atoms with Crippen molar-refractivity contribution in [2.75, 3.05) is 0 Å². The minimum absolute atomic E-state index is 0.0366. The molecule has 0 atom stereocenters. The number of hydrogen-bond donors (Lipinski definition) is 0. The van der Waals surface area contributed by atoms with E-state index in [1.165, 1.54) is 6.07 Å². The monoisotopic (exact) mass is 255 g/mol. The molecule has 4 nitrogen and oxygen atoms in total. The number of hydrogen-bond acceptors (Lipinski definition) is 3. The molecule has 0 fully saturated rings. The van der Waals surface area contributed by atoms with E-state index in [9.17, 15) is 14.9 Å². The fourth-order valence-electron chi connectivity index (χ4n) is 1.92. The summed E-state index contributed by atoms with van der Waals surface area (Å²) in [5.41, 5.74) is 1.64. The van der Waals surface area contributed by atoms with E-state index in [2.05, 4.69) is 0 Å². The fraction of sp³-hybridized carbons (Fsp3) is 0.133. The van der Waals surface area contributed by atoms with E-state index >= 15 is 0 Å². The van der Waals surface area contributed by atoms with Gasteiger partial charge < -0.3 is 0 Å². The van der Waals surface area contributed by atoms with Gasteiger partial charge in [-0.05, 0) is 11.6 Å². The Hall–Kier alpha value is -2.49. The molecule has 0 aliphatic carbocycles. The highest BCUT2D eigenvalue weighted by Gasteiger charge is 2.17. The lowest BCUT2D eigenvalue weighted by Crippen LogP contribution is -1.99. The van der Waals surface area contributed by atoms with Gasteiger partial charge in [0.05, 0.1) is 10.5 Å². The van der Waals surface area contributed by atoms with Gasteiger partial charge in [0, 0.05) is 18.1 Å². The number of benzene rings is 2. The predicted molar refractivity (Wildman–Crippen MR) is 73.2 cm³/mol. The predicted octanol–water partition coefficient (Wildman–Crippen LogP) is 3.85. The number of nitro benzene ring substituents is 1. The highest BCUT2D eigenvalue weighted by molar-refractivity contribution is 5.97. The lowest BCUT2D eigenvalue weighted by atomic mass is 9.99. The van der Waals surface area contributed by atoms with Crippen molar-refractivity contribution in [3.63, 3.8) is 0 Å². The largest absolute Gasteiger partial charge is 0.294 e. The normalized spacial score (nSPS) is 10.2. The highest BCUT2D eigenvalue weighted by atomic mass is 16.6. The smallest absolute Gasteiger partial charge is 0.277 e. The first-order valence-electron chi connectivity index (χ1n) is 6.00. The van der Waals surface area contributed by atoms with Crippen molar-refractivity contribution in [3.05, 3.63) is 64.2 Å². The van der Waals surface area contributed by atoms with Crippen LogP contribution in [0, 0.1) is 10.1 Å². The van der Waals surface area contributed by atoms with E-state index in [1.807, 2.05) is 30.3 Å². The molecule has 0 bridgehead atoms. The molecule has 0 spiro atoms. The Morgan fingerprint density at radius 2 is 1.84 bits per heavy atom. The van der Waals surface area contributed by atoms with Gasteiger partial charge in [0.2, 0.25) is 0 Å². The van der Waals surface area contributed by atoms with Gasteiger partial charge in [-0.2, -0.15) is 0 Å². The van der Waals surface area contributed by atoms with Crippen LogP contribution in [0.2, 0.25) is 0 Å². The second kappa shape index (κ2) is 5.44. The SMILES string of the molecule is CCC(=O)c1ccc(-c2ccccc2)c([N+](=O)[O-])c1. The number of nitrogens with zero attached hydrogens (tertiary/aromatic N) is 1. The lowest BCUT2D eigenvalue weighted by Gasteiger charge is -2.05. The number of carbonyl (C=O) groups is 1. The number of nitro groups is 1. The van der Waals surface area contributed by atoms with Crippen LogP contribution in [0.4, 0.5) is 5.69 Å². The van der Waals surface area contributed by atoms with Crippen LogP contribution in [0.25, 0.3) is 11.1 Å². The van der Waals surface area contributed by atoms with Gasteiger partial charge in [0.1, 0.15) is 0 Å². The van der Waals surface area contributed by atoms with Crippen molar-refractivity contribution in [2.24, 2.45) is 0 Å². The van der Waals surface area contributed by atoms with Crippen molar-refractivity contribution >= 4 is 11.5 Å². The fourth-order valence-corrected chi connectivity index (χ4v) is 1.92. The van der Waals surface area contributed by atoms with Crippen LogP contribution in [0.5, 0.6) is 0 Å². The molecule has 4 heteroatoms. The van der Waals surface area contributed by atoms with Gasteiger partial charge in [-0.15, -0.1) is 0 Å². The highest BCUT2D eigenvalue weighted by Crippen LogP contribution is 2.30. The molecule has 0 unspecified atom stereocenters. The third kappa shape index (κ3) is 2.68. The Balaban J connectivity index is 2.57. The van der Waals surface area contributed by atoms with E-state index in [1.54, 1.807) is 19.1 Å². The van der Waals surface area contributed by atoms with Crippen LogP contribution in [0.15, 0.2) is 48.5 Å². The Bertz CT molecular complexity index is 621. The summed E-state index contributed by atoms with van der Waals surface area (Å²) in [6.45, 7) is 1.74. The van der Waals surface area contributed by atoms with Crippen LogP contribution < -0.4 is 0 Å². The summed E-state index contributed by atoms with van der Waals surface area (Å²) in [4.78, 5) is 22.3. The summed E-state index contributed by atoms with van der Waals surface area (Å²) in [5, 5.41) is 11.2. The van der Waals surface area contributed by atoms with Crippen molar-refractivity contribution in [1.29, 1.82) is 0 Å². The molecule has 0 radical (unpaired) electrons. The van der Waals surface area contributed by atoms with Gasteiger partial charge in [-0.1, -0.05) is 43.3 Å². The second-order valence-corrected chi connectivity index (χ2v) is 4.13. The summed E-state index contributed by atoms with van der Waals surface area (Å²) >= 11 is 0. The minimum atomic E-state index is -0.450. The Morgan fingerprint density at radius 1 is 1.16 bits per heavy atom. The van der Waals surface area contributed by atoms with Crippen molar-refractivity contribution in [2.45, 2.75) is 13.3 Å². The summed E-state index contributed by atoms with van der Waals surface area (Å²) < 4.78 is 0. The van der Waals surface area contributed by atoms with Crippen molar-refractivity contribution in [3.8, 4) is 11.1 Å². The topological polar surface area (TPSA) is 60.2 Å². The third-order valence-corrected chi connectivity index (χ3v) is 2.92. The average Bonchev–Trinajstić information content (AvgIpc) is 2.46. The van der Waals surface area contributed by atoms with Gasteiger partial charge in [-0.3, -0.25) is 14.9 Å². The maximum Gasteiger partial charge on any atom is 0.277 e. The van der Waals surface area contributed by atoms with Crippen molar-refractivity contribution in [1.82, 2.24) is 0 Å². The van der Waals surface area contributed by atoms with Crippen LogP contribution in [-0.2, 0) is 0 Å². The molecule has 0 heterocycles. The summed E-state index contributed by atoms with van der Waals surface area (Å²) in [5.74, 6) is -0.0947. The molecule has 0 aliphatic rings. The van der Waals surface area contributed by atoms with Gasteiger partial charge in [-0.25, -0.2) is 0 Å². The van der Waals surface area contributed by atoms with Gasteiger partial charge in [0.25, 0.3) is 5.69 Å². The Kier molecular flexibility index (Phi) is 3.71. The third-order valence-electron chi connectivity index (χ3n) is 2.92. The van der Waals surface area contributed by atoms with Crippen LogP contribution in [0.1, 0.15) is 23.7 Å². The molecule has 19 heavy (non-hydrogen) atoms. The van der Waals surface area contributed by atoms with Crippen LogP contribution in [0.3, 0.4) is 0 Å². The van der Waals surface area contributed by atoms with Crippen LogP contribution >= 0.6 is 0 Å².